The van der Waals surface area contributed by atoms with E-state index in [1.54, 1.807) is 0 Å². The van der Waals surface area contributed by atoms with Crippen LogP contribution in [0, 0.1) is 11.8 Å². The fraction of sp³-hybridized carbons (Fsp3) is 0.467. The van der Waals surface area contributed by atoms with Gasteiger partial charge < -0.3 is 11.1 Å². The van der Waals surface area contributed by atoms with E-state index in [1.165, 1.54) is 5.56 Å². The molecule has 19 heavy (non-hydrogen) atoms. The van der Waals surface area contributed by atoms with Crippen LogP contribution in [0.2, 0.25) is 0 Å². The van der Waals surface area contributed by atoms with Crippen LogP contribution >= 0.6 is 12.2 Å². The van der Waals surface area contributed by atoms with Crippen LogP contribution in [0.5, 0.6) is 0 Å². The predicted molar refractivity (Wildman–Crippen MR) is 82.8 cm³/mol. The fourth-order valence-electron chi connectivity index (χ4n) is 2.13. The van der Waals surface area contributed by atoms with Crippen molar-refractivity contribution >= 4 is 23.1 Å². The van der Waals surface area contributed by atoms with Crippen LogP contribution < -0.4 is 11.1 Å². The first kappa shape index (κ1) is 15.6. The Balaban J connectivity index is 2.70. The van der Waals surface area contributed by atoms with E-state index in [0.29, 0.717) is 6.54 Å². The molecule has 1 unspecified atom stereocenters. The standard InChI is InChI=1S/C15H22N2OS/c1-4-11-7-5-6-8-12(11)9-17-15(18)13(10(2)3)14(16)19/h5-8,10,13H,4,9H2,1-3H3,(H2,16,19)(H,17,18). The minimum atomic E-state index is -0.399. The molecule has 0 heterocycles. The lowest BCUT2D eigenvalue weighted by atomic mass is 9.94. The summed E-state index contributed by atoms with van der Waals surface area (Å²) in [5, 5.41) is 2.93. The first-order valence-corrected chi connectivity index (χ1v) is 7.02. The van der Waals surface area contributed by atoms with E-state index in [4.69, 9.17) is 18.0 Å². The van der Waals surface area contributed by atoms with Gasteiger partial charge in [-0.25, -0.2) is 0 Å². The third-order valence-corrected chi connectivity index (χ3v) is 3.46. The van der Waals surface area contributed by atoms with Crippen molar-refractivity contribution in [3.63, 3.8) is 0 Å². The van der Waals surface area contributed by atoms with E-state index < -0.39 is 5.92 Å². The third-order valence-electron chi connectivity index (χ3n) is 3.21. The van der Waals surface area contributed by atoms with Crippen molar-refractivity contribution in [1.29, 1.82) is 0 Å². The van der Waals surface area contributed by atoms with Gasteiger partial charge in [-0.1, -0.05) is 57.3 Å². The minimum Gasteiger partial charge on any atom is -0.393 e. The Morgan fingerprint density at radius 3 is 2.37 bits per heavy atom. The van der Waals surface area contributed by atoms with E-state index >= 15 is 0 Å². The monoisotopic (exact) mass is 278 g/mol. The van der Waals surface area contributed by atoms with Crippen LogP contribution in [0.15, 0.2) is 24.3 Å². The number of nitrogens with two attached hydrogens (primary N) is 1. The number of carbonyl (C=O) groups is 1. The maximum Gasteiger partial charge on any atom is 0.230 e. The van der Waals surface area contributed by atoms with Crippen molar-refractivity contribution in [3.05, 3.63) is 35.4 Å². The Hall–Kier alpha value is -1.42. The molecular formula is C15H22N2OS. The second-order valence-corrected chi connectivity index (χ2v) is 5.44. The van der Waals surface area contributed by atoms with Crippen LogP contribution in [0.1, 0.15) is 31.9 Å². The molecule has 0 fully saturated rings. The number of thiocarbonyl (C=S) groups is 1. The SMILES string of the molecule is CCc1ccccc1CNC(=O)C(C(N)=S)C(C)C. The van der Waals surface area contributed by atoms with Gasteiger partial charge in [0.2, 0.25) is 5.91 Å². The highest BCUT2D eigenvalue weighted by Crippen LogP contribution is 2.13. The number of hydrogen-bond acceptors (Lipinski definition) is 2. The summed E-state index contributed by atoms with van der Waals surface area (Å²) < 4.78 is 0. The number of carbonyl (C=O) groups excluding carboxylic acids is 1. The van der Waals surface area contributed by atoms with Crippen molar-refractivity contribution in [1.82, 2.24) is 5.32 Å². The van der Waals surface area contributed by atoms with E-state index in [0.717, 1.165) is 12.0 Å². The molecule has 1 aromatic carbocycles. The van der Waals surface area contributed by atoms with Crippen molar-refractivity contribution in [3.8, 4) is 0 Å². The Kier molecular flexibility index (Phi) is 5.96. The first-order valence-electron chi connectivity index (χ1n) is 6.61. The van der Waals surface area contributed by atoms with Gasteiger partial charge in [0.05, 0.1) is 10.9 Å². The fourth-order valence-corrected chi connectivity index (χ4v) is 2.51. The zero-order valence-corrected chi connectivity index (χ0v) is 12.6. The third kappa shape index (κ3) is 4.31. The Labute approximate surface area is 120 Å². The molecule has 3 N–H and O–H groups in total. The van der Waals surface area contributed by atoms with E-state index in [-0.39, 0.29) is 16.8 Å². The highest BCUT2D eigenvalue weighted by Gasteiger charge is 2.24. The summed E-state index contributed by atoms with van der Waals surface area (Å²) in [7, 11) is 0. The van der Waals surface area contributed by atoms with E-state index in [2.05, 4.69) is 18.3 Å². The largest absolute Gasteiger partial charge is 0.393 e. The molecule has 0 saturated carbocycles. The molecule has 0 radical (unpaired) electrons. The van der Waals surface area contributed by atoms with Crippen LogP contribution in [0.3, 0.4) is 0 Å². The van der Waals surface area contributed by atoms with Crippen LogP contribution in [0.25, 0.3) is 0 Å². The molecule has 0 aliphatic heterocycles. The Morgan fingerprint density at radius 2 is 1.89 bits per heavy atom. The number of benzene rings is 1. The Bertz CT molecular complexity index is 457. The van der Waals surface area contributed by atoms with Crippen LogP contribution in [-0.4, -0.2) is 10.9 Å². The molecule has 104 valence electrons. The second kappa shape index (κ2) is 7.24. The van der Waals surface area contributed by atoms with Crippen molar-refractivity contribution in [2.24, 2.45) is 17.6 Å². The van der Waals surface area contributed by atoms with Gasteiger partial charge in [0.15, 0.2) is 0 Å². The van der Waals surface area contributed by atoms with Crippen molar-refractivity contribution < 1.29 is 4.79 Å². The van der Waals surface area contributed by atoms with Gasteiger partial charge in [-0.05, 0) is 23.5 Å². The summed E-state index contributed by atoms with van der Waals surface area (Å²) in [6, 6.07) is 8.10. The average molecular weight is 278 g/mol. The minimum absolute atomic E-state index is 0.0894. The zero-order valence-electron chi connectivity index (χ0n) is 11.8. The summed E-state index contributed by atoms with van der Waals surface area (Å²) >= 11 is 4.97. The molecule has 1 aromatic rings. The smallest absolute Gasteiger partial charge is 0.230 e. The normalized spacial score (nSPS) is 12.2. The number of nitrogens with one attached hydrogen (secondary N) is 1. The van der Waals surface area contributed by atoms with Gasteiger partial charge in [-0.3, -0.25) is 4.79 Å². The van der Waals surface area contributed by atoms with Gasteiger partial charge in [0, 0.05) is 6.54 Å². The van der Waals surface area contributed by atoms with Gasteiger partial charge in [-0.2, -0.15) is 0 Å². The van der Waals surface area contributed by atoms with Gasteiger partial charge in [0.1, 0.15) is 0 Å². The Morgan fingerprint density at radius 1 is 1.32 bits per heavy atom. The molecule has 3 nitrogen and oxygen atoms in total. The maximum atomic E-state index is 12.1. The summed E-state index contributed by atoms with van der Waals surface area (Å²) in [5.41, 5.74) is 8.03. The number of hydrogen-bond donors (Lipinski definition) is 2. The molecule has 0 aliphatic carbocycles. The van der Waals surface area contributed by atoms with Gasteiger partial charge in [0.25, 0.3) is 0 Å². The summed E-state index contributed by atoms with van der Waals surface area (Å²) in [6.45, 7) is 6.52. The molecule has 1 atom stereocenters. The topological polar surface area (TPSA) is 55.1 Å². The molecule has 0 saturated heterocycles. The predicted octanol–water partition coefficient (Wildman–Crippen LogP) is 2.42. The average Bonchev–Trinajstić information content (AvgIpc) is 2.35. The summed E-state index contributed by atoms with van der Waals surface area (Å²) in [5.74, 6) is -0.379. The second-order valence-electron chi connectivity index (χ2n) is 4.96. The van der Waals surface area contributed by atoms with Crippen molar-refractivity contribution in [2.45, 2.75) is 33.7 Å². The van der Waals surface area contributed by atoms with Crippen molar-refractivity contribution in [2.75, 3.05) is 0 Å². The molecule has 1 amide bonds. The van der Waals surface area contributed by atoms with E-state index in [9.17, 15) is 4.79 Å². The highest BCUT2D eigenvalue weighted by atomic mass is 32.1. The lowest BCUT2D eigenvalue weighted by molar-refractivity contribution is -0.124. The number of amides is 1. The zero-order chi connectivity index (χ0) is 14.4. The lowest BCUT2D eigenvalue weighted by Crippen LogP contribution is -2.40. The quantitative estimate of drug-likeness (QED) is 0.786. The van der Waals surface area contributed by atoms with Crippen LogP contribution in [0.4, 0.5) is 0 Å². The molecule has 0 spiro atoms. The summed E-state index contributed by atoms with van der Waals surface area (Å²) in [6.07, 6.45) is 0.953. The summed E-state index contributed by atoms with van der Waals surface area (Å²) in [4.78, 5) is 12.4. The molecule has 0 bridgehead atoms. The number of aryl methyl sites for hydroxylation is 1. The molecule has 1 rings (SSSR count). The molecule has 0 aliphatic rings. The first-order chi connectivity index (χ1) is 8.97. The molecule has 0 aromatic heterocycles. The van der Waals surface area contributed by atoms with Gasteiger partial charge in [-0.15, -0.1) is 0 Å². The molecule has 4 heteroatoms. The number of rotatable bonds is 6. The van der Waals surface area contributed by atoms with Crippen LogP contribution in [-0.2, 0) is 17.8 Å². The lowest BCUT2D eigenvalue weighted by Gasteiger charge is -2.19. The molecular weight excluding hydrogens is 256 g/mol. The van der Waals surface area contributed by atoms with E-state index in [1.807, 2.05) is 32.0 Å². The highest BCUT2D eigenvalue weighted by molar-refractivity contribution is 7.80. The van der Waals surface area contributed by atoms with Gasteiger partial charge >= 0.3 is 0 Å². The maximum absolute atomic E-state index is 12.1.